The summed E-state index contributed by atoms with van der Waals surface area (Å²) in [6.07, 6.45) is 0.215. The number of ketones is 1. The molecule has 2 aromatic rings. The number of carbonyl (C=O) groups excluding carboxylic acids is 2. The molecule has 3 unspecified atom stereocenters. The van der Waals surface area contributed by atoms with Crippen molar-refractivity contribution in [1.29, 1.82) is 0 Å². The second-order valence-electron chi connectivity index (χ2n) is 7.04. The van der Waals surface area contributed by atoms with Crippen LogP contribution in [0.25, 0.3) is 0 Å². The van der Waals surface area contributed by atoms with Crippen LogP contribution in [0.3, 0.4) is 0 Å². The summed E-state index contributed by atoms with van der Waals surface area (Å²) < 4.78 is 6.95. The Morgan fingerprint density at radius 1 is 1.10 bits per heavy atom. The third-order valence-corrected chi connectivity index (χ3v) is 5.84. The molecule has 0 heterocycles. The fraction of sp³-hybridized carbons (Fsp3) is 0.364. The first-order valence-corrected chi connectivity index (χ1v) is 10.8. The van der Waals surface area contributed by atoms with Crippen LogP contribution in [0.4, 0.5) is 0 Å². The van der Waals surface area contributed by atoms with Crippen LogP contribution in [0.2, 0.25) is 0 Å². The molecule has 1 aliphatic rings. The summed E-state index contributed by atoms with van der Waals surface area (Å²) in [4.78, 5) is 25.5. The van der Waals surface area contributed by atoms with E-state index >= 15 is 0 Å². The Hall–Kier alpha value is -1.97. The molecule has 1 aliphatic carbocycles. The van der Waals surface area contributed by atoms with Gasteiger partial charge < -0.3 is 20.5 Å². The third kappa shape index (κ3) is 6.01. The lowest BCUT2D eigenvalue weighted by molar-refractivity contribution is -0.141. The van der Waals surface area contributed by atoms with Crippen molar-refractivity contribution in [2.24, 2.45) is 5.92 Å². The SMILES string of the molecule is O=C(NCCO)C1CC(NCc2ccccc2)CC(Oc2ccccc2I)C1=O. The number of carbonyl (C=O) groups is 2. The van der Waals surface area contributed by atoms with Gasteiger partial charge in [-0.05, 0) is 46.7 Å². The van der Waals surface area contributed by atoms with E-state index in [4.69, 9.17) is 9.84 Å². The van der Waals surface area contributed by atoms with Gasteiger partial charge in [0.15, 0.2) is 11.9 Å². The number of aliphatic hydroxyl groups excluding tert-OH is 1. The Morgan fingerprint density at radius 2 is 1.83 bits per heavy atom. The molecule has 0 saturated heterocycles. The first-order chi connectivity index (χ1) is 14.1. The second-order valence-corrected chi connectivity index (χ2v) is 8.20. The first kappa shape index (κ1) is 21.7. The molecule has 0 spiro atoms. The summed E-state index contributed by atoms with van der Waals surface area (Å²) in [6.45, 7) is 0.623. The van der Waals surface area contributed by atoms with Crippen LogP contribution in [-0.2, 0) is 16.1 Å². The molecule has 7 heteroatoms. The van der Waals surface area contributed by atoms with Crippen LogP contribution in [0.5, 0.6) is 5.75 Å². The normalized spacial score (nSPS) is 21.6. The smallest absolute Gasteiger partial charge is 0.230 e. The van der Waals surface area contributed by atoms with Gasteiger partial charge in [0.25, 0.3) is 0 Å². The van der Waals surface area contributed by atoms with Crippen LogP contribution >= 0.6 is 22.6 Å². The molecule has 0 aliphatic heterocycles. The van der Waals surface area contributed by atoms with Crippen molar-refractivity contribution in [2.45, 2.75) is 31.5 Å². The van der Waals surface area contributed by atoms with Crippen molar-refractivity contribution in [3.05, 3.63) is 63.7 Å². The molecule has 29 heavy (non-hydrogen) atoms. The highest BCUT2D eigenvalue weighted by Gasteiger charge is 2.41. The zero-order valence-electron chi connectivity index (χ0n) is 16.0. The summed E-state index contributed by atoms with van der Waals surface area (Å²) in [6, 6.07) is 17.5. The van der Waals surface area contributed by atoms with E-state index in [2.05, 4.69) is 33.2 Å². The average Bonchev–Trinajstić information content (AvgIpc) is 2.74. The topological polar surface area (TPSA) is 87.7 Å². The van der Waals surface area contributed by atoms with Gasteiger partial charge in [-0.2, -0.15) is 0 Å². The fourth-order valence-corrected chi connectivity index (χ4v) is 3.97. The van der Waals surface area contributed by atoms with Crippen molar-refractivity contribution in [2.75, 3.05) is 13.2 Å². The van der Waals surface area contributed by atoms with Gasteiger partial charge in [0.2, 0.25) is 5.91 Å². The molecule has 3 N–H and O–H groups in total. The summed E-state index contributed by atoms with van der Waals surface area (Å²) in [7, 11) is 0. The molecule has 3 atom stereocenters. The van der Waals surface area contributed by atoms with E-state index in [0.717, 1.165) is 9.13 Å². The van der Waals surface area contributed by atoms with E-state index in [0.29, 0.717) is 25.1 Å². The molecule has 1 fully saturated rings. The number of Topliss-reactive ketones (excluding diaryl/α,β-unsaturated/α-hetero) is 1. The number of hydrogen-bond donors (Lipinski definition) is 3. The molecular weight excluding hydrogens is 483 g/mol. The number of benzene rings is 2. The number of rotatable bonds is 8. The Labute approximate surface area is 184 Å². The molecule has 0 bridgehead atoms. The first-order valence-electron chi connectivity index (χ1n) is 9.69. The Morgan fingerprint density at radius 3 is 2.55 bits per heavy atom. The maximum atomic E-state index is 13.0. The summed E-state index contributed by atoms with van der Waals surface area (Å²) in [5.41, 5.74) is 1.14. The fourth-order valence-electron chi connectivity index (χ4n) is 3.46. The van der Waals surface area contributed by atoms with Crippen molar-refractivity contribution in [3.8, 4) is 5.75 Å². The lowest BCUT2D eigenvalue weighted by Crippen LogP contribution is -2.52. The van der Waals surface area contributed by atoms with Crippen molar-refractivity contribution in [1.82, 2.24) is 10.6 Å². The number of para-hydroxylation sites is 1. The number of ether oxygens (including phenoxy) is 1. The predicted molar refractivity (Wildman–Crippen MR) is 118 cm³/mol. The number of halogens is 1. The number of hydrogen-bond acceptors (Lipinski definition) is 5. The molecule has 1 amide bonds. The Kier molecular flexibility index (Phi) is 8.02. The highest BCUT2D eigenvalue weighted by atomic mass is 127. The molecule has 1 saturated carbocycles. The third-order valence-electron chi connectivity index (χ3n) is 4.95. The largest absolute Gasteiger partial charge is 0.481 e. The summed E-state index contributed by atoms with van der Waals surface area (Å²) >= 11 is 2.17. The van der Waals surface area contributed by atoms with Crippen LogP contribution in [0.1, 0.15) is 18.4 Å². The second kappa shape index (κ2) is 10.7. The van der Waals surface area contributed by atoms with Crippen LogP contribution < -0.4 is 15.4 Å². The van der Waals surface area contributed by atoms with E-state index < -0.39 is 12.0 Å². The van der Waals surface area contributed by atoms with Crippen molar-refractivity contribution in [3.63, 3.8) is 0 Å². The van der Waals surface area contributed by atoms with Crippen molar-refractivity contribution >= 4 is 34.3 Å². The van der Waals surface area contributed by atoms with Crippen molar-refractivity contribution < 1.29 is 19.4 Å². The van der Waals surface area contributed by atoms with Gasteiger partial charge in [-0.15, -0.1) is 0 Å². The minimum atomic E-state index is -0.796. The highest BCUT2D eigenvalue weighted by molar-refractivity contribution is 14.1. The predicted octanol–water partition coefficient (Wildman–Crippen LogP) is 2.28. The van der Waals surface area contributed by atoms with E-state index in [-0.39, 0.29) is 30.9 Å². The molecule has 154 valence electrons. The minimum Gasteiger partial charge on any atom is -0.481 e. The molecule has 0 aromatic heterocycles. The summed E-state index contributed by atoms with van der Waals surface area (Å²) in [5, 5.41) is 15.1. The van der Waals surface area contributed by atoms with Gasteiger partial charge >= 0.3 is 0 Å². The lowest BCUT2D eigenvalue weighted by atomic mass is 9.81. The number of aliphatic hydroxyl groups is 1. The zero-order chi connectivity index (χ0) is 20.6. The standard InChI is InChI=1S/C22H25IN2O4/c23-18-8-4-5-9-19(18)29-20-13-16(25-14-15-6-2-1-3-7-15)12-17(21(20)27)22(28)24-10-11-26/h1-9,16-17,20,25-26H,10-14H2,(H,24,28). The highest BCUT2D eigenvalue weighted by Crippen LogP contribution is 2.28. The average molecular weight is 508 g/mol. The monoisotopic (exact) mass is 508 g/mol. The van der Waals surface area contributed by atoms with Crippen LogP contribution in [-0.4, -0.2) is 42.1 Å². The van der Waals surface area contributed by atoms with Gasteiger partial charge in [0, 0.05) is 25.6 Å². The lowest BCUT2D eigenvalue weighted by Gasteiger charge is -2.34. The Balaban J connectivity index is 1.73. The quantitative estimate of drug-likeness (QED) is 0.377. The van der Waals surface area contributed by atoms with Gasteiger partial charge in [0.1, 0.15) is 11.7 Å². The molecule has 2 aromatic carbocycles. The molecule has 6 nitrogen and oxygen atoms in total. The molecule has 0 radical (unpaired) electrons. The zero-order valence-corrected chi connectivity index (χ0v) is 18.2. The number of nitrogens with one attached hydrogen (secondary N) is 2. The van der Waals surface area contributed by atoms with E-state index in [1.54, 1.807) is 0 Å². The van der Waals surface area contributed by atoms with Crippen LogP contribution in [0, 0.1) is 9.49 Å². The number of amides is 1. The van der Waals surface area contributed by atoms with E-state index in [1.807, 2.05) is 54.6 Å². The maximum absolute atomic E-state index is 13.0. The van der Waals surface area contributed by atoms with E-state index in [1.165, 1.54) is 0 Å². The van der Waals surface area contributed by atoms with Gasteiger partial charge in [0.05, 0.1) is 10.2 Å². The maximum Gasteiger partial charge on any atom is 0.230 e. The molecule has 3 rings (SSSR count). The van der Waals surface area contributed by atoms with Gasteiger partial charge in [-0.25, -0.2) is 0 Å². The van der Waals surface area contributed by atoms with Gasteiger partial charge in [-0.1, -0.05) is 42.5 Å². The Bertz CT molecular complexity index is 831. The van der Waals surface area contributed by atoms with E-state index in [9.17, 15) is 9.59 Å². The van der Waals surface area contributed by atoms with Gasteiger partial charge in [-0.3, -0.25) is 9.59 Å². The minimum absolute atomic E-state index is 0.0378. The molecular formula is C22H25IN2O4. The summed E-state index contributed by atoms with van der Waals surface area (Å²) in [5.74, 6) is -0.718. The van der Waals surface area contributed by atoms with Crippen LogP contribution in [0.15, 0.2) is 54.6 Å².